The van der Waals surface area contributed by atoms with Crippen LogP contribution in [0.2, 0.25) is 0 Å². The lowest BCUT2D eigenvalue weighted by Gasteiger charge is -2.29. The zero-order valence-electron chi connectivity index (χ0n) is 21.8. The second-order valence-corrected chi connectivity index (χ2v) is 10.2. The molecule has 190 valence electrons. The van der Waals surface area contributed by atoms with Crippen LogP contribution in [0.25, 0.3) is 10.9 Å². The first-order chi connectivity index (χ1) is 17.8. The van der Waals surface area contributed by atoms with Crippen molar-refractivity contribution in [3.63, 3.8) is 0 Å². The molecule has 6 heteroatoms. The van der Waals surface area contributed by atoms with Gasteiger partial charge < -0.3 is 4.90 Å². The summed E-state index contributed by atoms with van der Waals surface area (Å²) < 4.78 is 3.00. The minimum atomic E-state index is -0.331. The number of hydrogen-bond acceptors (Lipinski definition) is 3. The number of hydrogen-bond donors (Lipinski definition) is 0. The van der Waals surface area contributed by atoms with E-state index in [2.05, 4.69) is 45.0 Å². The highest BCUT2D eigenvalue weighted by Gasteiger charge is 2.21. The summed E-state index contributed by atoms with van der Waals surface area (Å²) in [6.45, 7) is 8.11. The van der Waals surface area contributed by atoms with E-state index in [1.54, 1.807) is 10.6 Å². The Balaban J connectivity index is 1.39. The average Bonchev–Trinajstić information content (AvgIpc) is 2.89. The number of carbonyl (C=O) groups excluding carboxylic acids is 1. The Hall–Kier alpha value is -3.93. The lowest BCUT2D eigenvalue weighted by molar-refractivity contribution is -0.132. The van der Waals surface area contributed by atoms with Gasteiger partial charge in [0.15, 0.2) is 0 Å². The van der Waals surface area contributed by atoms with Gasteiger partial charge in [0.25, 0.3) is 5.56 Å². The second-order valence-electron chi connectivity index (χ2n) is 10.2. The normalized spacial score (nSPS) is 13.1. The van der Waals surface area contributed by atoms with Crippen LogP contribution in [-0.2, 0) is 30.8 Å². The predicted octanol–water partition coefficient (Wildman–Crippen LogP) is 4.50. The van der Waals surface area contributed by atoms with Crippen molar-refractivity contribution in [1.29, 1.82) is 0 Å². The molecule has 5 rings (SSSR count). The van der Waals surface area contributed by atoms with Crippen molar-refractivity contribution in [1.82, 2.24) is 14.0 Å². The third-order valence-corrected chi connectivity index (χ3v) is 7.54. The fourth-order valence-electron chi connectivity index (χ4n) is 5.59. The molecule has 1 aliphatic rings. The first kappa shape index (κ1) is 24.8. The molecule has 1 aromatic heterocycles. The number of carbonyl (C=O) groups is 1. The van der Waals surface area contributed by atoms with Crippen molar-refractivity contribution in [2.24, 2.45) is 0 Å². The van der Waals surface area contributed by atoms with E-state index in [0.717, 1.165) is 23.1 Å². The Morgan fingerprint density at radius 2 is 1.54 bits per heavy atom. The van der Waals surface area contributed by atoms with Crippen LogP contribution in [0, 0.1) is 20.8 Å². The molecule has 1 amide bonds. The van der Waals surface area contributed by atoms with Gasteiger partial charge in [-0.2, -0.15) is 0 Å². The number of para-hydroxylation sites is 1. The summed E-state index contributed by atoms with van der Waals surface area (Å²) in [5.41, 5.74) is 7.02. The van der Waals surface area contributed by atoms with Crippen LogP contribution in [0.15, 0.2) is 70.3 Å². The van der Waals surface area contributed by atoms with Crippen molar-refractivity contribution in [2.45, 2.75) is 59.7 Å². The molecule has 0 saturated carbocycles. The molecule has 0 fully saturated rings. The summed E-state index contributed by atoms with van der Waals surface area (Å²) in [5, 5.41) is 0.517. The molecule has 37 heavy (non-hydrogen) atoms. The number of amides is 1. The first-order valence-electron chi connectivity index (χ1n) is 13.0. The van der Waals surface area contributed by atoms with Gasteiger partial charge >= 0.3 is 5.69 Å². The van der Waals surface area contributed by atoms with Crippen LogP contribution < -0.4 is 11.2 Å². The van der Waals surface area contributed by atoms with E-state index in [4.69, 9.17) is 0 Å². The molecule has 0 spiro atoms. The molecule has 2 heterocycles. The van der Waals surface area contributed by atoms with E-state index in [0.29, 0.717) is 43.4 Å². The maximum Gasteiger partial charge on any atom is 0.331 e. The molecule has 3 aromatic carbocycles. The highest BCUT2D eigenvalue weighted by atomic mass is 16.2. The third kappa shape index (κ3) is 4.88. The van der Waals surface area contributed by atoms with Gasteiger partial charge in [-0.25, -0.2) is 4.79 Å². The highest BCUT2D eigenvalue weighted by molar-refractivity contribution is 5.78. The van der Waals surface area contributed by atoms with Crippen LogP contribution in [-0.4, -0.2) is 26.5 Å². The van der Waals surface area contributed by atoms with Crippen LogP contribution in [0.4, 0.5) is 0 Å². The number of aromatic nitrogens is 2. The molecule has 0 radical (unpaired) electrons. The fraction of sp³-hybridized carbons (Fsp3) is 0.323. The molecule has 0 atom stereocenters. The summed E-state index contributed by atoms with van der Waals surface area (Å²) in [6, 6.07) is 19.8. The topological polar surface area (TPSA) is 64.3 Å². The predicted molar refractivity (Wildman–Crippen MR) is 147 cm³/mol. The largest absolute Gasteiger partial charge is 0.338 e. The maximum atomic E-state index is 13.6. The van der Waals surface area contributed by atoms with Gasteiger partial charge in [0.1, 0.15) is 0 Å². The monoisotopic (exact) mass is 495 g/mol. The molecular weight excluding hydrogens is 462 g/mol. The lowest BCUT2D eigenvalue weighted by Crippen LogP contribution is -2.41. The Kier molecular flexibility index (Phi) is 6.83. The SMILES string of the molecule is Cc1cc(C)c(Cn2c(=O)n(CCCC(=O)N3CCc4ccccc4C3)c(=O)c3ccccc32)c(C)c1. The van der Waals surface area contributed by atoms with Gasteiger partial charge in [-0.3, -0.25) is 18.7 Å². The second kappa shape index (κ2) is 10.2. The van der Waals surface area contributed by atoms with Crippen molar-refractivity contribution < 1.29 is 4.79 Å². The summed E-state index contributed by atoms with van der Waals surface area (Å²) in [7, 11) is 0. The Morgan fingerprint density at radius 1 is 0.865 bits per heavy atom. The van der Waals surface area contributed by atoms with Gasteiger partial charge in [0.2, 0.25) is 5.91 Å². The van der Waals surface area contributed by atoms with Gasteiger partial charge in [-0.05, 0) is 73.6 Å². The van der Waals surface area contributed by atoms with E-state index in [-0.39, 0.29) is 23.7 Å². The molecule has 0 aliphatic carbocycles. The van der Waals surface area contributed by atoms with E-state index in [9.17, 15) is 14.4 Å². The molecular formula is C31H33N3O3. The summed E-state index contributed by atoms with van der Waals surface area (Å²) in [5.74, 6) is 0.0644. The van der Waals surface area contributed by atoms with E-state index in [1.807, 2.05) is 35.2 Å². The first-order valence-corrected chi connectivity index (χ1v) is 13.0. The number of nitrogens with zero attached hydrogens (tertiary/aromatic N) is 3. The standard InChI is InChI=1S/C31H33N3O3/c1-21-17-22(2)27(23(3)18-21)20-34-28-12-7-6-11-26(28)30(36)33(31(34)37)15-8-13-29(35)32-16-14-24-9-4-5-10-25(24)19-32/h4-7,9-12,17-18H,8,13-16,19-20H2,1-3H3. The maximum absolute atomic E-state index is 13.6. The smallest absolute Gasteiger partial charge is 0.331 e. The third-order valence-electron chi connectivity index (χ3n) is 7.54. The van der Waals surface area contributed by atoms with E-state index < -0.39 is 0 Å². The molecule has 4 aromatic rings. The van der Waals surface area contributed by atoms with Crippen LogP contribution >= 0.6 is 0 Å². The van der Waals surface area contributed by atoms with Crippen molar-refractivity contribution in [3.8, 4) is 0 Å². The molecule has 0 saturated heterocycles. The molecule has 6 nitrogen and oxygen atoms in total. The van der Waals surface area contributed by atoms with Crippen LogP contribution in [0.3, 0.4) is 0 Å². The van der Waals surface area contributed by atoms with E-state index in [1.165, 1.54) is 21.3 Å². The van der Waals surface area contributed by atoms with Crippen LogP contribution in [0.1, 0.15) is 46.2 Å². The number of benzene rings is 3. The Morgan fingerprint density at radius 3 is 2.30 bits per heavy atom. The van der Waals surface area contributed by atoms with Gasteiger partial charge in [-0.15, -0.1) is 0 Å². The van der Waals surface area contributed by atoms with Crippen LogP contribution in [0.5, 0.6) is 0 Å². The minimum absolute atomic E-state index is 0.0644. The highest BCUT2D eigenvalue weighted by Crippen LogP contribution is 2.20. The quantitative estimate of drug-likeness (QED) is 0.396. The molecule has 0 unspecified atom stereocenters. The molecule has 0 bridgehead atoms. The summed E-state index contributed by atoms with van der Waals surface area (Å²) in [6.07, 6.45) is 1.60. The Labute approximate surface area is 216 Å². The zero-order valence-corrected chi connectivity index (χ0v) is 21.8. The average molecular weight is 496 g/mol. The number of rotatable bonds is 6. The van der Waals surface area contributed by atoms with Crippen molar-refractivity contribution in [2.75, 3.05) is 6.54 Å². The fourth-order valence-corrected chi connectivity index (χ4v) is 5.59. The molecule has 0 N–H and O–H groups in total. The summed E-state index contributed by atoms with van der Waals surface area (Å²) in [4.78, 5) is 41.8. The minimum Gasteiger partial charge on any atom is -0.338 e. The number of fused-ring (bicyclic) bond motifs is 2. The van der Waals surface area contributed by atoms with Gasteiger partial charge in [-0.1, -0.05) is 54.1 Å². The lowest BCUT2D eigenvalue weighted by atomic mass is 9.99. The van der Waals surface area contributed by atoms with Crippen molar-refractivity contribution in [3.05, 3.63) is 115 Å². The number of aryl methyl sites for hydroxylation is 3. The zero-order chi connectivity index (χ0) is 26.1. The molecule has 1 aliphatic heterocycles. The van der Waals surface area contributed by atoms with Gasteiger partial charge in [0, 0.05) is 26.1 Å². The van der Waals surface area contributed by atoms with E-state index >= 15 is 0 Å². The van der Waals surface area contributed by atoms with Crippen molar-refractivity contribution >= 4 is 16.8 Å². The van der Waals surface area contributed by atoms with Gasteiger partial charge in [0.05, 0.1) is 17.4 Å². The Bertz CT molecular complexity index is 1590. The summed E-state index contributed by atoms with van der Waals surface area (Å²) >= 11 is 0.